The van der Waals surface area contributed by atoms with Gasteiger partial charge in [-0.05, 0) is 30.4 Å². The molecule has 1 aliphatic rings. The number of hydrogen-bond acceptors (Lipinski definition) is 3. The Labute approximate surface area is 114 Å². The predicted molar refractivity (Wildman–Crippen MR) is 75.4 cm³/mol. The highest BCUT2D eigenvalue weighted by Crippen LogP contribution is 2.38. The molecule has 19 heavy (non-hydrogen) atoms. The number of hydroxylamine groups is 2. The van der Waals surface area contributed by atoms with Gasteiger partial charge < -0.3 is 10.1 Å². The zero-order valence-corrected chi connectivity index (χ0v) is 11.9. The van der Waals surface area contributed by atoms with Gasteiger partial charge >= 0.3 is 0 Å². The van der Waals surface area contributed by atoms with Gasteiger partial charge in [-0.15, -0.1) is 0 Å². The van der Waals surface area contributed by atoms with Crippen LogP contribution in [0.25, 0.3) is 0 Å². The minimum Gasteiger partial charge on any atom is -0.314 e. The van der Waals surface area contributed by atoms with Crippen LogP contribution in [0.5, 0.6) is 0 Å². The van der Waals surface area contributed by atoms with E-state index in [4.69, 9.17) is 0 Å². The van der Waals surface area contributed by atoms with E-state index < -0.39 is 0 Å². The predicted octanol–water partition coefficient (Wildman–Crippen LogP) is 2.76. The summed E-state index contributed by atoms with van der Waals surface area (Å²) < 4.78 is 0. The van der Waals surface area contributed by atoms with Gasteiger partial charge in [-0.25, -0.2) is 0 Å². The van der Waals surface area contributed by atoms with Gasteiger partial charge in [0.2, 0.25) is 5.91 Å². The van der Waals surface area contributed by atoms with E-state index in [0.29, 0.717) is 0 Å². The van der Waals surface area contributed by atoms with Crippen LogP contribution >= 0.6 is 0 Å². The number of nitrogens with zero attached hydrogens (tertiary/aromatic N) is 2. The number of amides is 1. The zero-order valence-electron chi connectivity index (χ0n) is 11.9. The molecule has 104 valence electrons. The summed E-state index contributed by atoms with van der Waals surface area (Å²) in [5, 5.41) is 11.1. The van der Waals surface area contributed by atoms with Crippen molar-refractivity contribution in [2.45, 2.75) is 39.2 Å². The molecule has 4 heteroatoms. The lowest BCUT2D eigenvalue weighted by Gasteiger charge is -2.27. The molecule has 0 fully saturated rings. The summed E-state index contributed by atoms with van der Waals surface area (Å²) in [5.74, 6) is 0.0726. The summed E-state index contributed by atoms with van der Waals surface area (Å²) in [5.41, 5.74) is 3.22. The maximum Gasteiger partial charge on any atom is 0.223 e. The molecule has 0 saturated heterocycles. The van der Waals surface area contributed by atoms with Crippen LogP contribution < -0.4 is 4.90 Å². The van der Waals surface area contributed by atoms with Crippen molar-refractivity contribution in [3.8, 4) is 0 Å². The summed E-state index contributed by atoms with van der Waals surface area (Å²) in [7, 11) is 1.68. The molecule has 1 N–H and O–H groups in total. The van der Waals surface area contributed by atoms with E-state index in [0.717, 1.165) is 37.1 Å². The maximum atomic E-state index is 11.9. The molecule has 1 heterocycles. The summed E-state index contributed by atoms with van der Waals surface area (Å²) in [4.78, 5) is 13.8. The Morgan fingerprint density at radius 2 is 2.26 bits per heavy atom. The van der Waals surface area contributed by atoms with Gasteiger partial charge in [-0.1, -0.05) is 25.1 Å². The molecule has 1 aromatic rings. The molecule has 1 aliphatic heterocycles. The van der Waals surface area contributed by atoms with Crippen LogP contribution in [0.4, 0.5) is 5.69 Å². The highest BCUT2D eigenvalue weighted by Gasteiger charge is 2.28. The lowest BCUT2D eigenvalue weighted by atomic mass is 9.97. The molecule has 0 saturated carbocycles. The van der Waals surface area contributed by atoms with Crippen molar-refractivity contribution in [2.75, 3.05) is 18.5 Å². The minimum atomic E-state index is -0.0363. The molecular formula is C15H22N2O2. The van der Waals surface area contributed by atoms with E-state index in [2.05, 4.69) is 13.0 Å². The van der Waals surface area contributed by atoms with Gasteiger partial charge in [0.15, 0.2) is 0 Å². The van der Waals surface area contributed by atoms with Crippen LogP contribution in [0.1, 0.15) is 43.9 Å². The number of carbonyl (C=O) groups excluding carboxylic acids is 1. The first kappa shape index (κ1) is 14.0. The Hall–Kier alpha value is -1.39. The Balaban J connectivity index is 2.60. The van der Waals surface area contributed by atoms with Crippen LogP contribution in [-0.2, 0) is 11.2 Å². The second kappa shape index (κ2) is 5.72. The largest absolute Gasteiger partial charge is 0.314 e. The number of carbonyl (C=O) groups is 1. The molecule has 0 radical (unpaired) electrons. The van der Waals surface area contributed by atoms with Gasteiger partial charge in [0.25, 0.3) is 0 Å². The summed E-state index contributed by atoms with van der Waals surface area (Å²) in [6.07, 6.45) is 2.64. The number of aryl methyl sites for hydroxylation is 1. The van der Waals surface area contributed by atoms with Crippen LogP contribution in [0.3, 0.4) is 0 Å². The van der Waals surface area contributed by atoms with Crippen LogP contribution in [0, 0.1) is 0 Å². The fourth-order valence-electron chi connectivity index (χ4n) is 2.91. The molecule has 1 aromatic carbocycles. The number of fused-ring (bicyclic) bond motifs is 1. The molecular weight excluding hydrogens is 240 g/mol. The van der Waals surface area contributed by atoms with Crippen LogP contribution in [0.2, 0.25) is 0 Å². The number of para-hydroxylation sites is 1. The summed E-state index contributed by atoms with van der Waals surface area (Å²) >= 11 is 0. The van der Waals surface area contributed by atoms with Gasteiger partial charge in [0, 0.05) is 20.5 Å². The van der Waals surface area contributed by atoms with Gasteiger partial charge in [0.05, 0.1) is 11.7 Å². The number of benzene rings is 1. The number of hydrogen-bond donors (Lipinski definition) is 1. The third-order valence-electron chi connectivity index (χ3n) is 3.85. The third-order valence-corrected chi connectivity index (χ3v) is 3.85. The molecule has 0 bridgehead atoms. The van der Waals surface area contributed by atoms with Crippen molar-refractivity contribution in [2.24, 2.45) is 0 Å². The Morgan fingerprint density at radius 3 is 2.84 bits per heavy atom. The van der Waals surface area contributed by atoms with Crippen molar-refractivity contribution >= 4 is 11.6 Å². The first-order chi connectivity index (χ1) is 9.06. The normalized spacial score (nSPS) is 19.2. The van der Waals surface area contributed by atoms with Crippen molar-refractivity contribution in [1.82, 2.24) is 5.06 Å². The first-order valence-electron chi connectivity index (χ1n) is 6.87. The van der Waals surface area contributed by atoms with Crippen LogP contribution in [0.15, 0.2) is 18.2 Å². The molecule has 0 spiro atoms. The molecule has 0 aromatic heterocycles. The molecule has 0 aliphatic carbocycles. The Morgan fingerprint density at radius 1 is 1.53 bits per heavy atom. The van der Waals surface area contributed by atoms with E-state index in [1.807, 2.05) is 17.0 Å². The average molecular weight is 262 g/mol. The van der Waals surface area contributed by atoms with Crippen molar-refractivity contribution in [3.63, 3.8) is 0 Å². The molecule has 1 atom stereocenters. The van der Waals surface area contributed by atoms with Crippen molar-refractivity contribution < 1.29 is 10.0 Å². The lowest BCUT2D eigenvalue weighted by molar-refractivity contribution is -0.116. The lowest BCUT2D eigenvalue weighted by Crippen LogP contribution is -2.30. The maximum absolute atomic E-state index is 11.9. The smallest absolute Gasteiger partial charge is 0.223 e. The first-order valence-corrected chi connectivity index (χ1v) is 6.87. The SMILES string of the molecule is CCc1cccc2c1N(C(C)=O)CCCC2N(C)O. The van der Waals surface area contributed by atoms with Gasteiger partial charge in [0.1, 0.15) is 0 Å². The Kier molecular flexibility index (Phi) is 4.22. The van der Waals surface area contributed by atoms with Crippen molar-refractivity contribution in [3.05, 3.63) is 29.3 Å². The zero-order chi connectivity index (χ0) is 14.0. The van der Waals surface area contributed by atoms with Gasteiger partial charge in [-0.3, -0.25) is 4.79 Å². The van der Waals surface area contributed by atoms with Crippen molar-refractivity contribution in [1.29, 1.82) is 0 Å². The highest BCUT2D eigenvalue weighted by molar-refractivity contribution is 5.93. The topological polar surface area (TPSA) is 43.8 Å². The average Bonchev–Trinajstić information content (AvgIpc) is 2.57. The summed E-state index contributed by atoms with van der Waals surface area (Å²) in [6.45, 7) is 4.43. The molecule has 1 amide bonds. The van der Waals surface area contributed by atoms with E-state index >= 15 is 0 Å². The second-order valence-electron chi connectivity index (χ2n) is 5.11. The highest BCUT2D eigenvalue weighted by atomic mass is 16.5. The fraction of sp³-hybridized carbons (Fsp3) is 0.533. The van der Waals surface area contributed by atoms with E-state index in [-0.39, 0.29) is 11.9 Å². The molecule has 4 nitrogen and oxygen atoms in total. The molecule has 1 unspecified atom stereocenters. The third kappa shape index (κ3) is 2.65. The quantitative estimate of drug-likeness (QED) is 0.833. The number of anilines is 1. The summed E-state index contributed by atoms with van der Waals surface area (Å²) in [6, 6.07) is 6.06. The Bertz CT molecular complexity index is 471. The monoisotopic (exact) mass is 262 g/mol. The van der Waals surface area contributed by atoms with Gasteiger partial charge in [-0.2, -0.15) is 5.06 Å². The second-order valence-corrected chi connectivity index (χ2v) is 5.11. The minimum absolute atomic E-state index is 0.0363. The fourth-order valence-corrected chi connectivity index (χ4v) is 2.91. The van der Waals surface area contributed by atoms with E-state index in [9.17, 15) is 10.0 Å². The van der Waals surface area contributed by atoms with Crippen LogP contribution in [-0.4, -0.2) is 29.8 Å². The number of rotatable bonds is 2. The molecule has 2 rings (SSSR count). The van der Waals surface area contributed by atoms with E-state index in [1.165, 1.54) is 10.6 Å². The standard InChI is InChI=1S/C15H22N2O2/c1-4-12-7-5-8-13-14(16(3)19)9-6-10-17(11(2)18)15(12)13/h5,7-8,14,19H,4,6,9-10H2,1-3H3. The van der Waals surface area contributed by atoms with E-state index in [1.54, 1.807) is 14.0 Å².